The van der Waals surface area contributed by atoms with Gasteiger partial charge in [-0.1, -0.05) is 6.42 Å². The minimum Gasteiger partial charge on any atom is -0.491 e. The summed E-state index contributed by atoms with van der Waals surface area (Å²) in [5, 5.41) is 4.01. The van der Waals surface area contributed by atoms with E-state index < -0.39 is 0 Å². The van der Waals surface area contributed by atoms with E-state index in [0.717, 1.165) is 24.4 Å². The first kappa shape index (κ1) is 16.5. The van der Waals surface area contributed by atoms with E-state index in [1.54, 1.807) is 6.21 Å². The molecule has 120 valence electrons. The minimum absolute atomic E-state index is 0.0575. The molecule has 0 radical (unpaired) electrons. The number of carbonyl (C=O) groups is 1. The Kier molecular flexibility index (Phi) is 6.40. The van der Waals surface area contributed by atoms with Crippen molar-refractivity contribution in [3.05, 3.63) is 29.8 Å². The number of likely N-dealkylation sites (tertiary alicyclic amines) is 1. The van der Waals surface area contributed by atoms with Crippen molar-refractivity contribution in [1.29, 1.82) is 0 Å². The average molecular weight is 303 g/mol. The van der Waals surface area contributed by atoms with E-state index in [9.17, 15) is 4.79 Å². The summed E-state index contributed by atoms with van der Waals surface area (Å²) >= 11 is 0. The summed E-state index contributed by atoms with van der Waals surface area (Å²) in [6, 6.07) is 7.63. The molecule has 1 amide bonds. The van der Waals surface area contributed by atoms with E-state index >= 15 is 0 Å². The van der Waals surface area contributed by atoms with Gasteiger partial charge in [0, 0.05) is 0 Å². The van der Waals surface area contributed by atoms with Gasteiger partial charge in [0.15, 0.2) is 0 Å². The normalized spacial score (nSPS) is 16.1. The quantitative estimate of drug-likeness (QED) is 0.648. The number of hydrazone groups is 1. The Morgan fingerprint density at radius 3 is 2.59 bits per heavy atom. The van der Waals surface area contributed by atoms with E-state index in [1.807, 2.05) is 38.1 Å². The fourth-order valence-electron chi connectivity index (χ4n) is 2.44. The molecule has 0 atom stereocenters. The molecule has 1 fully saturated rings. The lowest BCUT2D eigenvalue weighted by Crippen LogP contribution is -2.38. The summed E-state index contributed by atoms with van der Waals surface area (Å²) in [6.45, 7) is 6.43. The van der Waals surface area contributed by atoms with Crippen LogP contribution in [0.15, 0.2) is 29.4 Å². The average Bonchev–Trinajstić information content (AvgIpc) is 2.49. The van der Waals surface area contributed by atoms with Gasteiger partial charge in [0.05, 0.1) is 18.9 Å². The Bertz CT molecular complexity index is 491. The van der Waals surface area contributed by atoms with E-state index in [-0.39, 0.29) is 12.0 Å². The van der Waals surface area contributed by atoms with E-state index in [2.05, 4.69) is 15.4 Å². The highest BCUT2D eigenvalue weighted by atomic mass is 16.5. The predicted molar refractivity (Wildman–Crippen MR) is 88.2 cm³/mol. The van der Waals surface area contributed by atoms with Crippen molar-refractivity contribution < 1.29 is 9.53 Å². The van der Waals surface area contributed by atoms with Crippen molar-refractivity contribution in [2.24, 2.45) is 5.10 Å². The van der Waals surface area contributed by atoms with Crippen LogP contribution in [-0.2, 0) is 4.79 Å². The Morgan fingerprint density at radius 2 is 1.95 bits per heavy atom. The molecule has 0 aromatic heterocycles. The molecule has 0 bridgehead atoms. The van der Waals surface area contributed by atoms with Gasteiger partial charge < -0.3 is 4.74 Å². The Morgan fingerprint density at radius 1 is 1.27 bits per heavy atom. The summed E-state index contributed by atoms with van der Waals surface area (Å²) in [5.74, 6) is 0.777. The van der Waals surface area contributed by atoms with Crippen molar-refractivity contribution in [3.63, 3.8) is 0 Å². The maximum Gasteiger partial charge on any atom is 0.254 e. The second-order valence-corrected chi connectivity index (χ2v) is 5.87. The number of benzene rings is 1. The van der Waals surface area contributed by atoms with Crippen LogP contribution in [0.4, 0.5) is 0 Å². The third-order valence-electron chi connectivity index (χ3n) is 3.47. The van der Waals surface area contributed by atoms with E-state index in [4.69, 9.17) is 4.74 Å². The van der Waals surface area contributed by atoms with Gasteiger partial charge in [-0.3, -0.25) is 9.69 Å². The highest BCUT2D eigenvalue weighted by Crippen LogP contribution is 2.12. The van der Waals surface area contributed by atoms with Crippen LogP contribution in [-0.4, -0.2) is 42.8 Å². The van der Waals surface area contributed by atoms with Gasteiger partial charge in [-0.2, -0.15) is 5.10 Å². The first-order valence-corrected chi connectivity index (χ1v) is 7.94. The van der Waals surface area contributed by atoms with Gasteiger partial charge in [0.2, 0.25) is 0 Å². The van der Waals surface area contributed by atoms with Crippen molar-refractivity contribution in [3.8, 4) is 5.75 Å². The molecule has 5 nitrogen and oxygen atoms in total. The second kappa shape index (κ2) is 8.54. The maximum absolute atomic E-state index is 11.8. The Labute approximate surface area is 132 Å². The van der Waals surface area contributed by atoms with Gasteiger partial charge >= 0.3 is 0 Å². The topological polar surface area (TPSA) is 53.9 Å². The van der Waals surface area contributed by atoms with Crippen LogP contribution >= 0.6 is 0 Å². The maximum atomic E-state index is 11.8. The van der Waals surface area contributed by atoms with Crippen molar-refractivity contribution in [2.75, 3.05) is 19.6 Å². The number of rotatable bonds is 6. The monoisotopic (exact) mass is 303 g/mol. The van der Waals surface area contributed by atoms with Crippen molar-refractivity contribution >= 4 is 12.1 Å². The van der Waals surface area contributed by atoms with Gasteiger partial charge in [-0.15, -0.1) is 0 Å². The molecule has 22 heavy (non-hydrogen) atoms. The molecule has 0 saturated carbocycles. The molecule has 1 N–H and O–H groups in total. The molecule has 0 aliphatic carbocycles. The number of ether oxygens (including phenoxy) is 1. The smallest absolute Gasteiger partial charge is 0.254 e. The summed E-state index contributed by atoms with van der Waals surface area (Å²) in [4.78, 5) is 14.0. The Hall–Kier alpha value is -1.88. The number of hydrogen-bond acceptors (Lipinski definition) is 4. The minimum atomic E-state index is -0.0575. The molecule has 1 aromatic rings. The zero-order valence-electron chi connectivity index (χ0n) is 13.4. The van der Waals surface area contributed by atoms with Crippen LogP contribution in [0.25, 0.3) is 0 Å². The van der Waals surface area contributed by atoms with Gasteiger partial charge in [-0.25, -0.2) is 5.43 Å². The summed E-state index contributed by atoms with van der Waals surface area (Å²) in [6.07, 6.45) is 5.44. The molecule has 1 saturated heterocycles. The largest absolute Gasteiger partial charge is 0.491 e. The fourth-order valence-corrected chi connectivity index (χ4v) is 2.44. The summed E-state index contributed by atoms with van der Waals surface area (Å²) < 4.78 is 5.58. The molecular weight excluding hydrogens is 278 g/mol. The first-order valence-electron chi connectivity index (χ1n) is 7.94. The van der Waals surface area contributed by atoms with Crippen LogP contribution < -0.4 is 10.2 Å². The van der Waals surface area contributed by atoms with E-state index in [1.165, 1.54) is 19.3 Å². The second-order valence-electron chi connectivity index (χ2n) is 5.87. The highest BCUT2D eigenvalue weighted by molar-refractivity contribution is 5.83. The number of nitrogens with one attached hydrogen (secondary N) is 1. The van der Waals surface area contributed by atoms with Crippen LogP contribution in [0.2, 0.25) is 0 Å². The zero-order chi connectivity index (χ0) is 15.8. The third kappa shape index (κ3) is 5.85. The molecule has 5 heteroatoms. The number of hydrogen-bond donors (Lipinski definition) is 1. The van der Waals surface area contributed by atoms with Gasteiger partial charge in [0.25, 0.3) is 5.91 Å². The lowest BCUT2D eigenvalue weighted by atomic mass is 10.1. The standard InChI is InChI=1S/C17H25N3O2/c1-14(2)22-16-8-6-15(7-9-16)12-18-19-17(21)13-20-10-4-3-5-11-20/h6-9,12,14H,3-5,10-11,13H2,1-2H3,(H,19,21)/b18-12-. The number of amides is 1. The third-order valence-corrected chi connectivity index (χ3v) is 3.47. The number of piperidine rings is 1. The molecule has 2 rings (SSSR count). The van der Waals surface area contributed by atoms with Crippen LogP contribution in [0.1, 0.15) is 38.7 Å². The lowest BCUT2D eigenvalue weighted by Gasteiger charge is -2.25. The molecule has 1 aromatic carbocycles. The van der Waals surface area contributed by atoms with Crippen LogP contribution in [0, 0.1) is 0 Å². The highest BCUT2D eigenvalue weighted by Gasteiger charge is 2.12. The molecular formula is C17H25N3O2. The summed E-state index contributed by atoms with van der Waals surface area (Å²) in [5.41, 5.74) is 3.51. The Balaban J connectivity index is 1.75. The number of carbonyl (C=O) groups excluding carboxylic acids is 1. The van der Waals surface area contributed by atoms with Gasteiger partial charge in [-0.05, 0) is 69.6 Å². The molecule has 0 spiro atoms. The molecule has 1 heterocycles. The molecule has 1 aliphatic heterocycles. The van der Waals surface area contributed by atoms with Crippen molar-refractivity contribution in [1.82, 2.24) is 10.3 Å². The number of nitrogens with zero attached hydrogens (tertiary/aromatic N) is 2. The molecule has 0 unspecified atom stereocenters. The predicted octanol–water partition coefficient (Wildman–Crippen LogP) is 2.41. The lowest BCUT2D eigenvalue weighted by molar-refractivity contribution is -0.122. The molecule has 1 aliphatic rings. The van der Waals surface area contributed by atoms with Gasteiger partial charge in [0.1, 0.15) is 5.75 Å². The SMILES string of the molecule is CC(C)Oc1ccc(/C=N\NC(=O)CN2CCCCC2)cc1. The first-order chi connectivity index (χ1) is 10.6. The fraction of sp³-hybridized carbons (Fsp3) is 0.529. The van der Waals surface area contributed by atoms with Crippen LogP contribution in [0.5, 0.6) is 5.75 Å². The van der Waals surface area contributed by atoms with Crippen molar-refractivity contribution in [2.45, 2.75) is 39.2 Å². The zero-order valence-corrected chi connectivity index (χ0v) is 13.4. The van der Waals surface area contributed by atoms with E-state index in [0.29, 0.717) is 6.54 Å². The summed E-state index contributed by atoms with van der Waals surface area (Å²) in [7, 11) is 0. The van der Waals surface area contributed by atoms with Crippen LogP contribution in [0.3, 0.4) is 0 Å².